The van der Waals surface area contributed by atoms with Crippen LogP contribution in [0.15, 0.2) is 43.1 Å². The van der Waals surface area contributed by atoms with Gasteiger partial charge in [-0.1, -0.05) is 0 Å². The lowest BCUT2D eigenvalue weighted by molar-refractivity contribution is -0.141. The van der Waals surface area contributed by atoms with Crippen molar-refractivity contribution in [2.75, 3.05) is 13.1 Å². The standard InChI is InChI=1S/C33H38F3N9O2/c34-33(35,36)28-13-21(17-39-23-1-3-25(46)4-2-23)14-29(43-28)47-26-6-11-44(12-7-26)24-15-32(16-24,8-9-37)45-19-22(18-42-45)30-27-5-10-38-31(27)41-20-40-30/h5,10,13-14,18-20,23-26,39,46H,1-4,6-8,11-12,15-17H2,(H,38,40,41). The number of pyridine rings is 1. The van der Waals surface area contributed by atoms with Crippen LogP contribution < -0.4 is 10.1 Å². The van der Waals surface area contributed by atoms with Crippen LogP contribution in [-0.2, 0) is 18.3 Å². The molecule has 7 rings (SSSR count). The number of nitrogens with zero attached hydrogens (tertiary/aromatic N) is 7. The molecule has 14 heteroatoms. The molecular formula is C33H38F3N9O2. The molecule has 3 N–H and O–H groups in total. The van der Waals surface area contributed by atoms with Crippen LogP contribution in [0.2, 0.25) is 0 Å². The maximum Gasteiger partial charge on any atom is 0.433 e. The lowest BCUT2D eigenvalue weighted by Gasteiger charge is -2.52. The molecule has 47 heavy (non-hydrogen) atoms. The van der Waals surface area contributed by atoms with Gasteiger partial charge in [-0.2, -0.15) is 23.5 Å². The third-order valence-electron chi connectivity index (χ3n) is 10.1. The van der Waals surface area contributed by atoms with E-state index in [4.69, 9.17) is 4.74 Å². The molecule has 11 nitrogen and oxygen atoms in total. The zero-order valence-electron chi connectivity index (χ0n) is 26.0. The van der Waals surface area contributed by atoms with Gasteiger partial charge in [0, 0.05) is 61.1 Å². The van der Waals surface area contributed by atoms with E-state index in [-0.39, 0.29) is 36.7 Å². The maximum absolute atomic E-state index is 13.7. The van der Waals surface area contributed by atoms with Gasteiger partial charge in [0.25, 0.3) is 0 Å². The first-order valence-electron chi connectivity index (χ1n) is 16.3. The Labute approximate surface area is 270 Å². The first-order valence-corrected chi connectivity index (χ1v) is 16.3. The average molecular weight is 650 g/mol. The predicted octanol–water partition coefficient (Wildman–Crippen LogP) is 4.94. The number of aromatic nitrogens is 6. The fourth-order valence-corrected chi connectivity index (χ4v) is 7.38. The molecular weight excluding hydrogens is 611 g/mol. The van der Waals surface area contributed by atoms with Gasteiger partial charge in [-0.3, -0.25) is 9.58 Å². The molecule has 0 unspecified atom stereocenters. The zero-order chi connectivity index (χ0) is 32.6. The summed E-state index contributed by atoms with van der Waals surface area (Å²) in [4.78, 5) is 18.1. The predicted molar refractivity (Wildman–Crippen MR) is 166 cm³/mol. The van der Waals surface area contributed by atoms with Crippen LogP contribution in [0.4, 0.5) is 13.2 Å². The number of rotatable bonds is 9. The van der Waals surface area contributed by atoms with Gasteiger partial charge in [-0.15, -0.1) is 0 Å². The maximum atomic E-state index is 13.7. The number of H-pyrrole nitrogens is 1. The van der Waals surface area contributed by atoms with Crippen molar-refractivity contribution in [1.29, 1.82) is 5.26 Å². The summed E-state index contributed by atoms with van der Waals surface area (Å²) in [7, 11) is 0. The van der Waals surface area contributed by atoms with Crippen LogP contribution in [0, 0.1) is 11.3 Å². The molecule has 4 aromatic rings. The number of nitriles is 1. The zero-order valence-corrected chi connectivity index (χ0v) is 26.0. The van der Waals surface area contributed by atoms with Crippen molar-refractivity contribution in [3.8, 4) is 23.2 Å². The molecule has 0 bridgehead atoms. The number of likely N-dealkylation sites (tertiary alicyclic amines) is 1. The van der Waals surface area contributed by atoms with Crippen molar-refractivity contribution < 1.29 is 23.0 Å². The van der Waals surface area contributed by atoms with Gasteiger partial charge in [-0.05, 0) is 69.1 Å². The van der Waals surface area contributed by atoms with Crippen LogP contribution in [0.25, 0.3) is 22.3 Å². The smallest absolute Gasteiger partial charge is 0.433 e. The number of halogens is 3. The Hall–Kier alpha value is -4.06. The SMILES string of the molecule is N#CCC1(n2cc(-c3ncnc4[nH]ccc34)cn2)CC(N2CCC(Oc3cc(CNC4CCC(O)CC4)cc(C(F)(F)F)n3)CC2)C1. The summed E-state index contributed by atoms with van der Waals surface area (Å²) < 4.78 is 49.1. The van der Waals surface area contributed by atoms with Crippen molar-refractivity contribution in [2.24, 2.45) is 0 Å². The van der Waals surface area contributed by atoms with Crippen molar-refractivity contribution in [1.82, 2.24) is 39.9 Å². The minimum atomic E-state index is -4.58. The molecule has 2 saturated carbocycles. The minimum Gasteiger partial charge on any atom is -0.474 e. The van der Waals surface area contributed by atoms with Crippen molar-refractivity contribution in [2.45, 2.75) is 100 Å². The van der Waals surface area contributed by atoms with Gasteiger partial charge in [0.15, 0.2) is 0 Å². The van der Waals surface area contributed by atoms with Gasteiger partial charge >= 0.3 is 6.18 Å². The third-order valence-corrected chi connectivity index (χ3v) is 10.1. The number of fused-ring (bicyclic) bond motifs is 1. The Bertz CT molecular complexity index is 1730. The van der Waals surface area contributed by atoms with E-state index in [0.29, 0.717) is 37.7 Å². The highest BCUT2D eigenvalue weighted by molar-refractivity contribution is 5.90. The van der Waals surface area contributed by atoms with E-state index in [0.717, 1.165) is 67.1 Å². The fraction of sp³-hybridized carbons (Fsp3) is 0.545. The summed E-state index contributed by atoms with van der Waals surface area (Å²) in [6, 6.07) is 7.42. The highest BCUT2D eigenvalue weighted by Crippen LogP contribution is 2.46. The molecule has 5 heterocycles. The van der Waals surface area contributed by atoms with Gasteiger partial charge in [-0.25, -0.2) is 15.0 Å². The second kappa shape index (κ2) is 12.9. The van der Waals surface area contributed by atoms with E-state index >= 15 is 0 Å². The van der Waals surface area contributed by atoms with Crippen LogP contribution in [-0.4, -0.2) is 77.1 Å². The van der Waals surface area contributed by atoms with E-state index in [1.54, 1.807) is 12.3 Å². The van der Waals surface area contributed by atoms with Gasteiger partial charge in [0.2, 0.25) is 5.88 Å². The topological polar surface area (TPSA) is 141 Å². The van der Waals surface area contributed by atoms with E-state index in [1.165, 1.54) is 6.33 Å². The van der Waals surface area contributed by atoms with Crippen LogP contribution in [0.1, 0.15) is 69.0 Å². The summed E-state index contributed by atoms with van der Waals surface area (Å²) >= 11 is 0. The summed E-state index contributed by atoms with van der Waals surface area (Å²) in [5.41, 5.74) is 1.53. The highest BCUT2D eigenvalue weighted by Gasteiger charge is 2.49. The Morgan fingerprint density at radius 3 is 2.64 bits per heavy atom. The number of hydrogen-bond acceptors (Lipinski definition) is 9. The van der Waals surface area contributed by atoms with E-state index in [1.807, 2.05) is 23.1 Å². The molecule has 2 aliphatic carbocycles. The summed E-state index contributed by atoms with van der Waals surface area (Å²) in [6.07, 6.45) is 8.21. The Morgan fingerprint density at radius 1 is 1.11 bits per heavy atom. The second-order valence-corrected chi connectivity index (χ2v) is 13.2. The number of alkyl halides is 3. The van der Waals surface area contributed by atoms with Crippen LogP contribution in [0.3, 0.4) is 0 Å². The molecule has 1 saturated heterocycles. The first-order chi connectivity index (χ1) is 22.7. The monoisotopic (exact) mass is 649 g/mol. The normalized spacial score (nSPS) is 25.8. The number of ether oxygens (including phenoxy) is 1. The van der Waals surface area contributed by atoms with E-state index in [2.05, 4.69) is 41.3 Å². The molecule has 1 aliphatic heterocycles. The molecule has 4 aromatic heterocycles. The van der Waals surface area contributed by atoms with Crippen molar-refractivity contribution in [3.05, 3.63) is 54.4 Å². The first kappa shape index (κ1) is 31.5. The second-order valence-electron chi connectivity index (χ2n) is 13.2. The number of aliphatic hydroxyl groups excluding tert-OH is 1. The van der Waals surface area contributed by atoms with Gasteiger partial charge in [0.1, 0.15) is 23.8 Å². The molecule has 3 fully saturated rings. The molecule has 0 aromatic carbocycles. The lowest BCUT2D eigenvalue weighted by atomic mass is 9.69. The molecule has 0 amide bonds. The molecule has 3 aliphatic rings. The van der Waals surface area contributed by atoms with E-state index < -0.39 is 17.4 Å². The summed E-state index contributed by atoms with van der Waals surface area (Å²) in [5.74, 6) is 0.000844. The minimum absolute atomic E-state index is 0.000844. The molecule has 0 atom stereocenters. The Kier molecular flexibility index (Phi) is 8.63. The Morgan fingerprint density at radius 2 is 1.89 bits per heavy atom. The Balaban J connectivity index is 0.961. The number of nitrogens with one attached hydrogen (secondary N) is 2. The summed E-state index contributed by atoms with van der Waals surface area (Å²) in [5, 5.41) is 28.4. The van der Waals surface area contributed by atoms with E-state index in [9.17, 15) is 23.5 Å². The third kappa shape index (κ3) is 6.70. The molecule has 248 valence electrons. The average Bonchev–Trinajstić information content (AvgIpc) is 3.73. The van der Waals surface area contributed by atoms with Gasteiger partial charge < -0.3 is 20.1 Å². The molecule has 0 radical (unpaired) electrons. The number of hydrogen-bond donors (Lipinski definition) is 3. The molecule has 0 spiro atoms. The van der Waals surface area contributed by atoms with Crippen molar-refractivity contribution in [3.63, 3.8) is 0 Å². The lowest BCUT2D eigenvalue weighted by Crippen LogP contribution is -2.58. The highest BCUT2D eigenvalue weighted by atomic mass is 19.4. The fourth-order valence-electron chi connectivity index (χ4n) is 7.38. The summed E-state index contributed by atoms with van der Waals surface area (Å²) in [6.45, 7) is 1.77. The largest absolute Gasteiger partial charge is 0.474 e. The number of aliphatic hydroxyl groups is 1. The van der Waals surface area contributed by atoms with Crippen LogP contribution in [0.5, 0.6) is 5.88 Å². The number of piperidine rings is 1. The van der Waals surface area contributed by atoms with Gasteiger partial charge in [0.05, 0.1) is 36.0 Å². The quantitative estimate of drug-likeness (QED) is 0.230. The van der Waals surface area contributed by atoms with Crippen molar-refractivity contribution >= 4 is 11.0 Å². The van der Waals surface area contributed by atoms with Crippen LogP contribution >= 0.6 is 0 Å². The number of aromatic amines is 1.